The Morgan fingerprint density at radius 2 is 1.90 bits per heavy atom. The summed E-state index contributed by atoms with van der Waals surface area (Å²) in [5.74, 6) is -1.60. The Kier molecular flexibility index (Phi) is 4.72. The minimum atomic E-state index is -0.979. The summed E-state index contributed by atoms with van der Waals surface area (Å²) >= 11 is 0. The molecule has 2 aromatic rings. The molecule has 1 N–H and O–H groups in total. The highest BCUT2D eigenvalue weighted by Gasteiger charge is 2.47. The highest BCUT2D eigenvalue weighted by molar-refractivity contribution is 5.96. The van der Waals surface area contributed by atoms with E-state index in [1.54, 1.807) is 0 Å². The molecule has 3 atom stereocenters. The number of nitrogens with one attached hydrogen (secondary N) is 1. The zero-order valence-electron chi connectivity index (χ0n) is 17.6. The third kappa shape index (κ3) is 3.18. The average molecular weight is 425 g/mol. The summed E-state index contributed by atoms with van der Waals surface area (Å²) in [4.78, 5) is 29.9. The fraction of sp³-hybridized carbons (Fsp3) is 0.417. The molecule has 5 nitrogen and oxygen atoms in total. The molecule has 1 saturated heterocycles. The lowest BCUT2D eigenvalue weighted by atomic mass is 9.96. The molecule has 2 aromatic carbocycles. The van der Waals surface area contributed by atoms with Gasteiger partial charge in [-0.2, -0.15) is 0 Å². The van der Waals surface area contributed by atoms with Crippen molar-refractivity contribution in [3.8, 4) is 0 Å². The fourth-order valence-corrected chi connectivity index (χ4v) is 5.33. The molecule has 2 heterocycles. The number of urea groups is 1. The van der Waals surface area contributed by atoms with Gasteiger partial charge in [0.2, 0.25) is 5.91 Å². The number of amides is 3. The quantitative estimate of drug-likeness (QED) is 0.765. The number of nitrogens with zero attached hydrogens (tertiary/aromatic N) is 2. The van der Waals surface area contributed by atoms with Crippen LogP contribution in [0.3, 0.4) is 0 Å². The number of fused-ring (bicyclic) bond motifs is 6. The number of likely N-dealkylation sites (tertiary alicyclic amines) is 1. The van der Waals surface area contributed by atoms with Gasteiger partial charge in [0.15, 0.2) is 11.6 Å². The molecular formula is C24H25F2N3O2. The standard InChI is InChI=1S/C24H25F2N3O2/c1-13(2)9-21(29-12-17-19(27-24(29)31)8-7-18(25)22(17)26)23(30)28-11-14-10-20(28)16-6-4-3-5-15(14)16/h3-8,13-14,20-21H,9-12H2,1-2H3,(H,27,31)/t14-,20-,21+/m1/s1. The molecule has 1 aliphatic carbocycles. The van der Waals surface area contributed by atoms with Crippen LogP contribution in [0.2, 0.25) is 0 Å². The van der Waals surface area contributed by atoms with E-state index in [9.17, 15) is 18.4 Å². The predicted molar refractivity (Wildman–Crippen MR) is 112 cm³/mol. The normalized spacial score (nSPS) is 22.4. The molecule has 162 valence electrons. The van der Waals surface area contributed by atoms with E-state index >= 15 is 0 Å². The first-order valence-electron chi connectivity index (χ1n) is 10.8. The van der Waals surface area contributed by atoms with E-state index in [4.69, 9.17) is 0 Å². The Morgan fingerprint density at radius 1 is 1.16 bits per heavy atom. The highest BCUT2D eigenvalue weighted by Crippen LogP contribution is 2.50. The van der Waals surface area contributed by atoms with Gasteiger partial charge in [0.1, 0.15) is 6.04 Å². The van der Waals surface area contributed by atoms with Crippen LogP contribution >= 0.6 is 0 Å². The molecule has 5 rings (SSSR count). The van der Waals surface area contributed by atoms with Crippen LogP contribution in [0.4, 0.5) is 19.3 Å². The zero-order valence-corrected chi connectivity index (χ0v) is 17.6. The number of rotatable bonds is 4. The van der Waals surface area contributed by atoms with Crippen LogP contribution in [-0.4, -0.2) is 34.3 Å². The van der Waals surface area contributed by atoms with E-state index in [1.165, 1.54) is 22.1 Å². The second-order valence-corrected chi connectivity index (χ2v) is 9.16. The first-order chi connectivity index (χ1) is 14.8. The van der Waals surface area contributed by atoms with Gasteiger partial charge in [-0.3, -0.25) is 4.79 Å². The maximum Gasteiger partial charge on any atom is 0.322 e. The molecule has 3 amide bonds. The summed E-state index contributed by atoms with van der Waals surface area (Å²) in [6.45, 7) is 4.47. The minimum Gasteiger partial charge on any atom is -0.333 e. The van der Waals surface area contributed by atoms with Gasteiger partial charge < -0.3 is 15.1 Å². The van der Waals surface area contributed by atoms with Crippen LogP contribution < -0.4 is 5.32 Å². The van der Waals surface area contributed by atoms with Gasteiger partial charge in [0.05, 0.1) is 18.3 Å². The molecule has 0 saturated carbocycles. The number of carbonyl (C=O) groups excluding carboxylic acids is 2. The molecule has 31 heavy (non-hydrogen) atoms. The third-order valence-corrected chi connectivity index (χ3v) is 6.76. The number of anilines is 1. The number of hydrogen-bond donors (Lipinski definition) is 1. The van der Waals surface area contributed by atoms with Crippen molar-refractivity contribution in [2.45, 2.75) is 51.2 Å². The molecule has 2 aliphatic heterocycles. The van der Waals surface area contributed by atoms with Gasteiger partial charge in [-0.25, -0.2) is 13.6 Å². The van der Waals surface area contributed by atoms with E-state index in [2.05, 4.69) is 17.4 Å². The van der Waals surface area contributed by atoms with Crippen LogP contribution in [0.15, 0.2) is 36.4 Å². The monoisotopic (exact) mass is 425 g/mol. The SMILES string of the molecule is CC(C)C[C@@H](C(=O)N1C[C@H]2C[C@@H]1c1ccccc12)N1Cc2c(ccc(F)c2F)NC1=O. The highest BCUT2D eigenvalue weighted by atomic mass is 19.2. The van der Waals surface area contributed by atoms with Gasteiger partial charge in [-0.05, 0) is 42.0 Å². The van der Waals surface area contributed by atoms with Crippen LogP contribution in [0, 0.1) is 17.6 Å². The molecule has 0 radical (unpaired) electrons. The van der Waals surface area contributed by atoms with Gasteiger partial charge in [0, 0.05) is 18.0 Å². The summed E-state index contributed by atoms with van der Waals surface area (Å²) in [6, 6.07) is 9.38. The van der Waals surface area contributed by atoms with E-state index in [0.29, 0.717) is 18.9 Å². The van der Waals surface area contributed by atoms with E-state index in [0.717, 1.165) is 12.5 Å². The largest absolute Gasteiger partial charge is 0.333 e. The first kappa shape index (κ1) is 20.0. The van der Waals surface area contributed by atoms with Crippen LogP contribution in [0.25, 0.3) is 0 Å². The third-order valence-electron chi connectivity index (χ3n) is 6.76. The summed E-state index contributed by atoms with van der Waals surface area (Å²) in [6.07, 6.45) is 1.35. The van der Waals surface area contributed by atoms with Crippen molar-refractivity contribution in [1.82, 2.24) is 9.80 Å². The Bertz CT molecular complexity index is 1070. The van der Waals surface area contributed by atoms with E-state index in [-0.39, 0.29) is 35.7 Å². The molecule has 3 aliphatic rings. The summed E-state index contributed by atoms with van der Waals surface area (Å²) in [7, 11) is 0. The lowest BCUT2D eigenvalue weighted by molar-refractivity contribution is -0.138. The Morgan fingerprint density at radius 3 is 2.65 bits per heavy atom. The summed E-state index contributed by atoms with van der Waals surface area (Å²) in [5, 5.41) is 2.64. The maximum atomic E-state index is 14.5. The molecule has 0 aromatic heterocycles. The average Bonchev–Trinajstić information content (AvgIpc) is 3.34. The van der Waals surface area contributed by atoms with Crippen molar-refractivity contribution in [1.29, 1.82) is 0 Å². The second kappa shape index (κ2) is 7.32. The van der Waals surface area contributed by atoms with E-state index in [1.807, 2.05) is 30.9 Å². The molecule has 7 heteroatoms. The van der Waals surface area contributed by atoms with Crippen molar-refractivity contribution >= 4 is 17.6 Å². The summed E-state index contributed by atoms with van der Waals surface area (Å²) < 4.78 is 28.3. The van der Waals surface area contributed by atoms with Crippen LogP contribution in [0.5, 0.6) is 0 Å². The summed E-state index contributed by atoms with van der Waals surface area (Å²) in [5.41, 5.74) is 2.82. The van der Waals surface area contributed by atoms with Crippen molar-refractivity contribution < 1.29 is 18.4 Å². The molecule has 2 bridgehead atoms. The molecule has 1 fully saturated rings. The number of hydrogen-bond acceptors (Lipinski definition) is 2. The number of halogens is 2. The molecule has 0 unspecified atom stereocenters. The topological polar surface area (TPSA) is 52.7 Å². The number of carbonyl (C=O) groups is 2. The van der Waals surface area contributed by atoms with Gasteiger partial charge in [-0.1, -0.05) is 38.1 Å². The van der Waals surface area contributed by atoms with Gasteiger partial charge >= 0.3 is 6.03 Å². The van der Waals surface area contributed by atoms with Crippen molar-refractivity contribution in [3.63, 3.8) is 0 Å². The van der Waals surface area contributed by atoms with Gasteiger partial charge in [0.25, 0.3) is 0 Å². The maximum absolute atomic E-state index is 14.5. The molecular weight excluding hydrogens is 400 g/mol. The van der Waals surface area contributed by atoms with Gasteiger partial charge in [-0.15, -0.1) is 0 Å². The van der Waals surface area contributed by atoms with Crippen LogP contribution in [-0.2, 0) is 11.3 Å². The zero-order chi connectivity index (χ0) is 21.9. The Labute approximate surface area is 180 Å². The van der Waals surface area contributed by atoms with Crippen molar-refractivity contribution in [2.24, 2.45) is 5.92 Å². The smallest absolute Gasteiger partial charge is 0.322 e. The second-order valence-electron chi connectivity index (χ2n) is 9.16. The predicted octanol–water partition coefficient (Wildman–Crippen LogP) is 4.80. The Hall–Kier alpha value is -2.96. The fourth-order valence-electron chi connectivity index (χ4n) is 5.33. The van der Waals surface area contributed by atoms with E-state index < -0.39 is 23.7 Å². The lowest BCUT2D eigenvalue weighted by Gasteiger charge is -2.39. The van der Waals surface area contributed by atoms with Crippen molar-refractivity contribution in [2.75, 3.05) is 11.9 Å². The lowest BCUT2D eigenvalue weighted by Crippen LogP contribution is -2.54. The number of benzene rings is 2. The molecule has 0 spiro atoms. The Balaban J connectivity index is 1.46. The van der Waals surface area contributed by atoms with Crippen molar-refractivity contribution in [3.05, 3.63) is 64.7 Å². The minimum absolute atomic E-state index is 0.0117. The van der Waals surface area contributed by atoms with Crippen LogP contribution in [0.1, 0.15) is 55.3 Å². The first-order valence-corrected chi connectivity index (χ1v) is 10.8.